The molecule has 1 aromatic carbocycles. The highest BCUT2D eigenvalue weighted by Gasteiger charge is 2.34. The fourth-order valence-corrected chi connectivity index (χ4v) is 3.60. The van der Waals surface area contributed by atoms with Crippen LogP contribution in [0.25, 0.3) is 0 Å². The smallest absolute Gasteiger partial charge is 0.0326 e. The number of hydrogen-bond donors (Lipinski definition) is 1. The topological polar surface area (TPSA) is 15.3 Å². The summed E-state index contributed by atoms with van der Waals surface area (Å²) >= 11 is 0. The first kappa shape index (κ1) is 14.1. The highest BCUT2D eigenvalue weighted by molar-refractivity contribution is 5.28. The number of benzene rings is 1. The van der Waals surface area contributed by atoms with Crippen molar-refractivity contribution in [1.82, 2.24) is 10.2 Å². The second-order valence-corrected chi connectivity index (χ2v) is 6.61. The SMILES string of the molecule is Cc1ccccc1C(C)N(CC1CCCCN1)C1CC1. The zero-order chi connectivity index (χ0) is 13.9. The summed E-state index contributed by atoms with van der Waals surface area (Å²) in [6.07, 6.45) is 6.89. The van der Waals surface area contributed by atoms with Crippen molar-refractivity contribution in [2.45, 2.75) is 64.1 Å². The molecular weight excluding hydrogens is 244 g/mol. The molecule has 0 aromatic heterocycles. The van der Waals surface area contributed by atoms with E-state index in [-0.39, 0.29) is 0 Å². The van der Waals surface area contributed by atoms with E-state index < -0.39 is 0 Å². The Labute approximate surface area is 123 Å². The highest BCUT2D eigenvalue weighted by atomic mass is 15.2. The highest BCUT2D eigenvalue weighted by Crippen LogP contribution is 2.35. The molecular formula is C18H28N2. The van der Waals surface area contributed by atoms with E-state index in [0.717, 1.165) is 6.04 Å². The summed E-state index contributed by atoms with van der Waals surface area (Å²) in [4.78, 5) is 2.76. The lowest BCUT2D eigenvalue weighted by atomic mass is 9.99. The van der Waals surface area contributed by atoms with Gasteiger partial charge in [0.15, 0.2) is 0 Å². The van der Waals surface area contributed by atoms with Crippen LogP contribution in [0.2, 0.25) is 0 Å². The van der Waals surface area contributed by atoms with Gasteiger partial charge in [0.05, 0.1) is 0 Å². The van der Waals surface area contributed by atoms with E-state index in [0.29, 0.717) is 12.1 Å². The Balaban J connectivity index is 1.71. The van der Waals surface area contributed by atoms with Crippen LogP contribution in [-0.4, -0.2) is 30.1 Å². The minimum Gasteiger partial charge on any atom is -0.313 e. The van der Waals surface area contributed by atoms with Crippen molar-refractivity contribution in [3.63, 3.8) is 0 Å². The van der Waals surface area contributed by atoms with Gasteiger partial charge >= 0.3 is 0 Å². The van der Waals surface area contributed by atoms with Crippen molar-refractivity contribution < 1.29 is 0 Å². The van der Waals surface area contributed by atoms with Crippen molar-refractivity contribution in [2.24, 2.45) is 0 Å². The first-order valence-corrected chi connectivity index (χ1v) is 8.30. The molecule has 2 heteroatoms. The van der Waals surface area contributed by atoms with Gasteiger partial charge in [-0.2, -0.15) is 0 Å². The Morgan fingerprint density at radius 3 is 2.65 bits per heavy atom. The van der Waals surface area contributed by atoms with Gasteiger partial charge in [0.1, 0.15) is 0 Å². The summed E-state index contributed by atoms with van der Waals surface area (Å²) in [5.41, 5.74) is 2.94. The molecule has 2 aliphatic rings. The summed E-state index contributed by atoms with van der Waals surface area (Å²) in [7, 11) is 0. The molecule has 1 heterocycles. The first-order chi connectivity index (χ1) is 9.75. The zero-order valence-corrected chi connectivity index (χ0v) is 12.9. The van der Waals surface area contributed by atoms with Crippen molar-refractivity contribution in [3.05, 3.63) is 35.4 Å². The normalized spacial score (nSPS) is 24.9. The number of aryl methyl sites for hydroxylation is 1. The molecule has 1 aliphatic heterocycles. The molecule has 1 N–H and O–H groups in total. The Kier molecular flexibility index (Phi) is 4.42. The molecule has 0 radical (unpaired) electrons. The molecule has 1 aliphatic carbocycles. The van der Waals surface area contributed by atoms with Crippen LogP contribution in [0.3, 0.4) is 0 Å². The fourth-order valence-electron chi connectivity index (χ4n) is 3.60. The third-order valence-electron chi connectivity index (χ3n) is 5.00. The lowest BCUT2D eigenvalue weighted by Gasteiger charge is -2.35. The lowest BCUT2D eigenvalue weighted by molar-refractivity contribution is 0.166. The molecule has 20 heavy (non-hydrogen) atoms. The van der Waals surface area contributed by atoms with E-state index in [1.807, 2.05) is 0 Å². The predicted octanol–water partition coefficient (Wildman–Crippen LogP) is 3.66. The van der Waals surface area contributed by atoms with Crippen LogP contribution in [-0.2, 0) is 0 Å². The van der Waals surface area contributed by atoms with Gasteiger partial charge in [-0.05, 0) is 57.2 Å². The summed E-state index contributed by atoms with van der Waals surface area (Å²) in [5, 5.41) is 3.71. The van der Waals surface area contributed by atoms with Crippen LogP contribution < -0.4 is 5.32 Å². The molecule has 1 saturated heterocycles. The van der Waals surface area contributed by atoms with Crippen molar-refractivity contribution in [3.8, 4) is 0 Å². The summed E-state index contributed by atoms with van der Waals surface area (Å²) in [6.45, 7) is 7.07. The maximum Gasteiger partial charge on any atom is 0.0326 e. The van der Waals surface area contributed by atoms with E-state index in [1.54, 1.807) is 0 Å². The molecule has 1 aromatic rings. The van der Waals surface area contributed by atoms with Crippen molar-refractivity contribution >= 4 is 0 Å². The Bertz CT molecular complexity index is 433. The Morgan fingerprint density at radius 1 is 1.20 bits per heavy atom. The minimum atomic E-state index is 0.549. The van der Waals surface area contributed by atoms with Gasteiger partial charge in [-0.1, -0.05) is 30.7 Å². The number of nitrogens with one attached hydrogen (secondary N) is 1. The molecule has 0 spiro atoms. The van der Waals surface area contributed by atoms with E-state index in [9.17, 15) is 0 Å². The van der Waals surface area contributed by atoms with Crippen molar-refractivity contribution in [2.75, 3.05) is 13.1 Å². The molecule has 0 bridgehead atoms. The number of rotatable bonds is 5. The molecule has 110 valence electrons. The van der Waals surface area contributed by atoms with Crippen LogP contribution in [0.15, 0.2) is 24.3 Å². The lowest BCUT2D eigenvalue weighted by Crippen LogP contribution is -2.45. The van der Waals surface area contributed by atoms with E-state index in [2.05, 4.69) is 48.3 Å². The maximum absolute atomic E-state index is 3.71. The Hall–Kier alpha value is -0.860. The van der Waals surface area contributed by atoms with Crippen LogP contribution in [0.1, 0.15) is 56.2 Å². The summed E-state index contributed by atoms with van der Waals surface area (Å²) < 4.78 is 0. The third-order valence-corrected chi connectivity index (χ3v) is 5.00. The van der Waals surface area contributed by atoms with Gasteiger partial charge in [0.2, 0.25) is 0 Å². The largest absolute Gasteiger partial charge is 0.313 e. The van der Waals surface area contributed by atoms with Gasteiger partial charge in [0.25, 0.3) is 0 Å². The van der Waals surface area contributed by atoms with E-state index in [4.69, 9.17) is 0 Å². The standard InChI is InChI=1S/C18H28N2/c1-14-7-3-4-9-18(14)15(2)20(17-10-11-17)13-16-8-5-6-12-19-16/h3-4,7,9,15-17,19H,5-6,8,10-13H2,1-2H3. The predicted molar refractivity (Wildman–Crippen MR) is 85.0 cm³/mol. The molecule has 2 nitrogen and oxygen atoms in total. The summed E-state index contributed by atoms with van der Waals surface area (Å²) in [5.74, 6) is 0. The Morgan fingerprint density at radius 2 is 2.00 bits per heavy atom. The molecule has 3 rings (SSSR count). The van der Waals surface area contributed by atoms with Crippen LogP contribution in [0.4, 0.5) is 0 Å². The van der Waals surface area contributed by atoms with E-state index >= 15 is 0 Å². The molecule has 2 unspecified atom stereocenters. The number of nitrogens with zero attached hydrogens (tertiary/aromatic N) is 1. The zero-order valence-electron chi connectivity index (χ0n) is 12.9. The first-order valence-electron chi connectivity index (χ1n) is 8.30. The second kappa shape index (κ2) is 6.28. The molecule has 0 amide bonds. The average Bonchev–Trinajstić information content (AvgIpc) is 3.30. The molecule has 2 atom stereocenters. The van der Waals surface area contributed by atoms with Gasteiger partial charge in [0, 0.05) is 24.7 Å². The van der Waals surface area contributed by atoms with Crippen molar-refractivity contribution in [1.29, 1.82) is 0 Å². The van der Waals surface area contributed by atoms with Gasteiger partial charge in [-0.25, -0.2) is 0 Å². The van der Waals surface area contributed by atoms with Gasteiger partial charge in [-0.15, -0.1) is 0 Å². The minimum absolute atomic E-state index is 0.549. The van der Waals surface area contributed by atoms with E-state index in [1.165, 1.54) is 56.3 Å². The quantitative estimate of drug-likeness (QED) is 0.880. The average molecular weight is 272 g/mol. The monoisotopic (exact) mass is 272 g/mol. The summed E-state index contributed by atoms with van der Waals surface area (Å²) in [6, 6.07) is 11.0. The van der Waals surface area contributed by atoms with Crippen LogP contribution in [0.5, 0.6) is 0 Å². The van der Waals surface area contributed by atoms with Crippen LogP contribution in [0, 0.1) is 6.92 Å². The number of piperidine rings is 1. The third kappa shape index (κ3) is 3.24. The van der Waals surface area contributed by atoms with Gasteiger partial charge in [-0.3, -0.25) is 4.90 Å². The fraction of sp³-hybridized carbons (Fsp3) is 0.667. The van der Waals surface area contributed by atoms with Gasteiger partial charge < -0.3 is 5.32 Å². The number of hydrogen-bond acceptors (Lipinski definition) is 2. The second-order valence-electron chi connectivity index (χ2n) is 6.61. The van der Waals surface area contributed by atoms with Crippen LogP contribution >= 0.6 is 0 Å². The molecule has 2 fully saturated rings. The molecule has 1 saturated carbocycles. The maximum atomic E-state index is 3.71.